The number of nitrogens with zero attached hydrogens (tertiary/aromatic N) is 1. The Kier molecular flexibility index (Phi) is 5.24. The van der Waals surface area contributed by atoms with Crippen molar-refractivity contribution in [2.75, 3.05) is 19.7 Å². The molecule has 1 amide bonds. The van der Waals surface area contributed by atoms with Crippen molar-refractivity contribution in [3.63, 3.8) is 0 Å². The van der Waals surface area contributed by atoms with E-state index in [2.05, 4.69) is 20.8 Å². The van der Waals surface area contributed by atoms with Crippen LogP contribution in [0.2, 0.25) is 0 Å². The average molecular weight is 212 g/mol. The van der Waals surface area contributed by atoms with Gasteiger partial charge in [0.2, 0.25) is 0 Å². The van der Waals surface area contributed by atoms with Crippen LogP contribution in [-0.4, -0.2) is 36.0 Å². The van der Waals surface area contributed by atoms with Gasteiger partial charge in [-0.2, -0.15) is 5.10 Å². The van der Waals surface area contributed by atoms with Crippen molar-refractivity contribution in [2.45, 2.75) is 13.5 Å². The molecule has 0 aliphatic carbocycles. The van der Waals surface area contributed by atoms with E-state index in [1.54, 1.807) is 13.1 Å². The lowest BCUT2D eigenvalue weighted by Crippen LogP contribution is -2.32. The summed E-state index contributed by atoms with van der Waals surface area (Å²) in [7, 11) is 0. The van der Waals surface area contributed by atoms with Gasteiger partial charge in [0.05, 0.1) is 6.61 Å². The summed E-state index contributed by atoms with van der Waals surface area (Å²) >= 11 is 0. The van der Waals surface area contributed by atoms with Gasteiger partial charge >= 0.3 is 6.09 Å². The topological polar surface area (TPSA) is 79.0 Å². The van der Waals surface area contributed by atoms with Crippen LogP contribution in [0.1, 0.15) is 12.6 Å². The normalized spacial score (nSPS) is 9.93. The minimum Gasteiger partial charge on any atom is -0.450 e. The molecule has 0 aromatic carbocycles. The molecule has 1 aromatic heterocycles. The Hall–Kier alpha value is -1.56. The van der Waals surface area contributed by atoms with Gasteiger partial charge in [0, 0.05) is 31.5 Å². The predicted molar refractivity (Wildman–Crippen MR) is 55.3 cm³/mol. The number of aromatic nitrogens is 2. The first-order valence-corrected chi connectivity index (χ1v) is 4.92. The van der Waals surface area contributed by atoms with E-state index in [0.717, 1.165) is 5.69 Å². The summed E-state index contributed by atoms with van der Waals surface area (Å²) in [5, 5.41) is 12.4. The molecule has 0 aliphatic heterocycles. The van der Waals surface area contributed by atoms with E-state index < -0.39 is 0 Å². The van der Waals surface area contributed by atoms with Gasteiger partial charge in [-0.1, -0.05) is 0 Å². The Morgan fingerprint density at radius 1 is 1.60 bits per heavy atom. The highest BCUT2D eigenvalue weighted by Crippen LogP contribution is 1.88. The number of alkyl carbamates (subject to hydrolysis) is 1. The van der Waals surface area contributed by atoms with E-state index in [4.69, 9.17) is 4.74 Å². The molecule has 6 heteroatoms. The fraction of sp³-hybridized carbons (Fsp3) is 0.556. The number of aromatic amines is 1. The minimum atomic E-state index is -0.374. The Balaban J connectivity index is 1.95. The summed E-state index contributed by atoms with van der Waals surface area (Å²) in [4.78, 5) is 10.9. The molecule has 6 nitrogen and oxygen atoms in total. The number of amides is 1. The molecule has 0 atom stereocenters. The van der Waals surface area contributed by atoms with E-state index in [0.29, 0.717) is 26.2 Å². The molecular weight excluding hydrogens is 196 g/mol. The number of ether oxygens (including phenoxy) is 1. The first-order valence-electron chi connectivity index (χ1n) is 4.92. The molecule has 0 radical (unpaired) electrons. The zero-order valence-corrected chi connectivity index (χ0v) is 8.75. The standard InChI is InChI=1S/C9H16N4O2/c1-2-15-9(14)11-6-5-10-7-8-3-4-12-13-8/h3-4,10H,2,5-7H2,1H3,(H,11,14)(H,12,13). The van der Waals surface area contributed by atoms with Gasteiger partial charge in [-0.3, -0.25) is 5.10 Å². The van der Waals surface area contributed by atoms with Crippen LogP contribution in [0.15, 0.2) is 12.3 Å². The molecule has 1 rings (SSSR count). The molecule has 0 saturated carbocycles. The minimum absolute atomic E-state index is 0.374. The molecule has 0 unspecified atom stereocenters. The van der Waals surface area contributed by atoms with Crippen LogP contribution >= 0.6 is 0 Å². The van der Waals surface area contributed by atoms with Crippen molar-refractivity contribution in [1.29, 1.82) is 0 Å². The summed E-state index contributed by atoms with van der Waals surface area (Å²) < 4.78 is 4.70. The van der Waals surface area contributed by atoms with Crippen molar-refractivity contribution in [1.82, 2.24) is 20.8 Å². The van der Waals surface area contributed by atoms with Crippen LogP contribution in [0, 0.1) is 0 Å². The highest BCUT2D eigenvalue weighted by atomic mass is 16.5. The van der Waals surface area contributed by atoms with Gasteiger partial charge in [-0.15, -0.1) is 0 Å². The average Bonchev–Trinajstić information content (AvgIpc) is 2.70. The first-order chi connectivity index (χ1) is 7.33. The second-order valence-corrected chi connectivity index (χ2v) is 2.91. The van der Waals surface area contributed by atoms with E-state index in [1.807, 2.05) is 6.07 Å². The third kappa shape index (κ3) is 5.02. The van der Waals surface area contributed by atoms with Crippen LogP contribution in [-0.2, 0) is 11.3 Å². The summed E-state index contributed by atoms with van der Waals surface area (Å²) in [6, 6.07) is 1.89. The number of rotatable bonds is 6. The van der Waals surface area contributed by atoms with Crippen molar-refractivity contribution in [3.8, 4) is 0 Å². The second kappa shape index (κ2) is 6.83. The highest BCUT2D eigenvalue weighted by molar-refractivity contribution is 5.66. The third-order valence-corrected chi connectivity index (χ3v) is 1.72. The Labute approximate surface area is 88.4 Å². The van der Waals surface area contributed by atoms with Gasteiger partial charge in [0.25, 0.3) is 0 Å². The summed E-state index contributed by atoms with van der Waals surface area (Å²) in [5.74, 6) is 0. The maximum atomic E-state index is 10.9. The van der Waals surface area contributed by atoms with Crippen LogP contribution in [0.3, 0.4) is 0 Å². The molecule has 0 saturated heterocycles. The number of hydrogen-bond acceptors (Lipinski definition) is 4. The smallest absolute Gasteiger partial charge is 0.407 e. The van der Waals surface area contributed by atoms with Crippen LogP contribution in [0.5, 0.6) is 0 Å². The number of nitrogens with one attached hydrogen (secondary N) is 3. The Morgan fingerprint density at radius 3 is 3.13 bits per heavy atom. The molecule has 1 heterocycles. The lowest BCUT2D eigenvalue weighted by Gasteiger charge is -2.05. The van der Waals surface area contributed by atoms with Gasteiger partial charge in [-0.05, 0) is 13.0 Å². The number of H-pyrrole nitrogens is 1. The van der Waals surface area contributed by atoms with Crippen molar-refractivity contribution < 1.29 is 9.53 Å². The van der Waals surface area contributed by atoms with Crippen LogP contribution < -0.4 is 10.6 Å². The third-order valence-electron chi connectivity index (χ3n) is 1.72. The second-order valence-electron chi connectivity index (χ2n) is 2.91. The lowest BCUT2D eigenvalue weighted by molar-refractivity contribution is 0.152. The monoisotopic (exact) mass is 212 g/mol. The predicted octanol–water partition coefficient (Wildman–Crippen LogP) is 0.245. The van der Waals surface area contributed by atoms with Crippen LogP contribution in [0.25, 0.3) is 0 Å². The summed E-state index contributed by atoms with van der Waals surface area (Å²) in [6.07, 6.45) is 1.33. The molecular formula is C9H16N4O2. The number of carbonyl (C=O) groups excluding carboxylic acids is 1. The van der Waals surface area contributed by atoms with E-state index in [9.17, 15) is 4.79 Å². The van der Waals surface area contributed by atoms with Crippen LogP contribution in [0.4, 0.5) is 4.79 Å². The summed E-state index contributed by atoms with van der Waals surface area (Å²) in [6.45, 7) is 4.12. The number of hydrogen-bond donors (Lipinski definition) is 3. The van der Waals surface area contributed by atoms with E-state index in [1.165, 1.54) is 0 Å². The van der Waals surface area contributed by atoms with Crippen molar-refractivity contribution >= 4 is 6.09 Å². The molecule has 3 N–H and O–H groups in total. The quantitative estimate of drug-likeness (QED) is 0.590. The van der Waals surface area contributed by atoms with Crippen molar-refractivity contribution in [3.05, 3.63) is 18.0 Å². The van der Waals surface area contributed by atoms with Gasteiger partial charge in [-0.25, -0.2) is 4.79 Å². The molecule has 1 aromatic rings. The Morgan fingerprint density at radius 2 is 2.47 bits per heavy atom. The molecule has 0 bridgehead atoms. The molecule has 84 valence electrons. The Bertz CT molecular complexity index is 274. The van der Waals surface area contributed by atoms with Gasteiger partial charge in [0.15, 0.2) is 0 Å². The highest BCUT2D eigenvalue weighted by Gasteiger charge is 1.98. The van der Waals surface area contributed by atoms with E-state index in [-0.39, 0.29) is 6.09 Å². The first kappa shape index (κ1) is 11.5. The van der Waals surface area contributed by atoms with E-state index >= 15 is 0 Å². The van der Waals surface area contributed by atoms with Gasteiger partial charge < -0.3 is 15.4 Å². The zero-order valence-electron chi connectivity index (χ0n) is 8.75. The molecule has 15 heavy (non-hydrogen) atoms. The summed E-state index contributed by atoms with van der Waals surface area (Å²) in [5.41, 5.74) is 1.02. The maximum absolute atomic E-state index is 10.9. The molecule has 0 fully saturated rings. The zero-order chi connectivity index (χ0) is 10.9. The largest absolute Gasteiger partial charge is 0.450 e. The fourth-order valence-corrected chi connectivity index (χ4v) is 1.04. The van der Waals surface area contributed by atoms with Gasteiger partial charge in [0.1, 0.15) is 0 Å². The van der Waals surface area contributed by atoms with Crippen molar-refractivity contribution in [2.24, 2.45) is 0 Å². The number of carbonyl (C=O) groups is 1. The SMILES string of the molecule is CCOC(=O)NCCNCc1ccn[nH]1. The maximum Gasteiger partial charge on any atom is 0.407 e. The lowest BCUT2D eigenvalue weighted by atomic mass is 10.4. The molecule has 0 aliphatic rings. The molecule has 0 spiro atoms. The fourth-order valence-electron chi connectivity index (χ4n) is 1.04.